The Balaban J connectivity index is 2.48. The molecule has 2 heteroatoms. The van der Waals surface area contributed by atoms with Crippen molar-refractivity contribution in [1.29, 1.82) is 0 Å². The van der Waals surface area contributed by atoms with E-state index < -0.39 is 0 Å². The first-order valence-electron chi connectivity index (χ1n) is 9.76. The van der Waals surface area contributed by atoms with E-state index in [2.05, 4.69) is 48.5 Å². The summed E-state index contributed by atoms with van der Waals surface area (Å²) in [7, 11) is 0. The van der Waals surface area contributed by atoms with Crippen molar-refractivity contribution in [2.24, 2.45) is 22.7 Å². The van der Waals surface area contributed by atoms with Gasteiger partial charge in [-0.05, 0) is 56.8 Å². The van der Waals surface area contributed by atoms with Crippen LogP contribution in [-0.4, -0.2) is 22.9 Å². The van der Waals surface area contributed by atoms with Crippen LogP contribution in [0, 0.1) is 22.7 Å². The first-order valence-corrected chi connectivity index (χ1v) is 9.76. The van der Waals surface area contributed by atoms with E-state index in [-0.39, 0.29) is 35.4 Å². The van der Waals surface area contributed by atoms with Crippen LogP contribution in [0.5, 0.6) is 0 Å². The van der Waals surface area contributed by atoms with Crippen molar-refractivity contribution >= 4 is 0 Å². The van der Waals surface area contributed by atoms with Crippen LogP contribution in [0.4, 0.5) is 0 Å². The zero-order chi connectivity index (χ0) is 18.3. The molecule has 0 saturated carbocycles. The van der Waals surface area contributed by atoms with Gasteiger partial charge in [-0.25, -0.2) is 0 Å². The third kappa shape index (κ3) is 3.37. The first kappa shape index (κ1) is 19.7. The topological polar surface area (TPSA) is 40.5 Å². The molecule has 0 saturated heterocycles. The van der Waals surface area contributed by atoms with Gasteiger partial charge in [-0.3, -0.25) is 0 Å². The Morgan fingerprint density at radius 2 is 1.38 bits per heavy atom. The van der Waals surface area contributed by atoms with Gasteiger partial charge in [-0.1, -0.05) is 56.9 Å². The summed E-state index contributed by atoms with van der Waals surface area (Å²) in [6.07, 6.45) is 4.81. The fourth-order valence-corrected chi connectivity index (χ4v) is 4.83. The lowest BCUT2D eigenvalue weighted by molar-refractivity contribution is 0.0740. The van der Waals surface area contributed by atoms with Gasteiger partial charge in [0.2, 0.25) is 0 Å². The zero-order valence-corrected chi connectivity index (χ0v) is 16.9. The Kier molecular flexibility index (Phi) is 5.72. The molecule has 0 amide bonds. The van der Waals surface area contributed by atoms with Crippen LogP contribution in [0.3, 0.4) is 0 Å². The highest BCUT2D eigenvalue weighted by Gasteiger charge is 2.42. The van der Waals surface area contributed by atoms with Crippen LogP contribution in [0.15, 0.2) is 22.3 Å². The van der Waals surface area contributed by atoms with E-state index in [1.807, 2.05) is 0 Å². The summed E-state index contributed by atoms with van der Waals surface area (Å²) in [5.41, 5.74) is 6.14. The van der Waals surface area contributed by atoms with Gasteiger partial charge < -0.3 is 10.2 Å². The molecule has 2 N–H and O–H groups in total. The molecule has 2 aliphatic rings. The summed E-state index contributed by atoms with van der Waals surface area (Å²) < 4.78 is 0. The molecule has 0 bridgehead atoms. The Morgan fingerprint density at radius 1 is 0.917 bits per heavy atom. The van der Waals surface area contributed by atoms with Crippen molar-refractivity contribution in [3.63, 3.8) is 0 Å². The fourth-order valence-electron chi connectivity index (χ4n) is 4.83. The van der Waals surface area contributed by atoms with Crippen molar-refractivity contribution < 1.29 is 10.2 Å². The third-order valence-electron chi connectivity index (χ3n) is 7.35. The van der Waals surface area contributed by atoms with Gasteiger partial charge in [0.05, 0.1) is 12.7 Å². The van der Waals surface area contributed by atoms with Gasteiger partial charge in [-0.15, -0.1) is 0 Å². The molecule has 138 valence electrons. The molecule has 0 radical (unpaired) electrons. The first-order chi connectivity index (χ1) is 11.1. The van der Waals surface area contributed by atoms with Crippen LogP contribution in [0.1, 0.15) is 80.6 Å². The minimum atomic E-state index is -0.370. The molecule has 2 rings (SSSR count). The Morgan fingerprint density at radius 3 is 1.71 bits per heavy atom. The lowest BCUT2D eigenvalue weighted by Gasteiger charge is -2.34. The van der Waals surface area contributed by atoms with E-state index in [0.717, 1.165) is 32.1 Å². The number of aliphatic hydroxyl groups is 2. The highest BCUT2D eigenvalue weighted by atomic mass is 16.3. The van der Waals surface area contributed by atoms with E-state index in [0.29, 0.717) is 0 Å². The largest absolute Gasteiger partial charge is 0.396 e. The van der Waals surface area contributed by atoms with Crippen molar-refractivity contribution in [2.45, 2.75) is 86.7 Å². The molecule has 0 aromatic heterocycles. The molecule has 0 fully saturated rings. The van der Waals surface area contributed by atoms with E-state index >= 15 is 0 Å². The second-order valence-electron chi connectivity index (χ2n) is 9.36. The standard InChI is InChI=1S/C22H38O2/c1-8-19(24)20(17-10-12-22(6,7)15(17)3)18(13-23)16-9-11-21(4,5)14(16)2/h18-20,23-24H,8-13H2,1-7H3. The number of aliphatic hydroxyl groups excluding tert-OH is 2. The molecule has 0 aromatic carbocycles. The number of rotatable bonds is 6. The molecular weight excluding hydrogens is 296 g/mol. The van der Waals surface area contributed by atoms with Crippen molar-refractivity contribution in [3.8, 4) is 0 Å². The van der Waals surface area contributed by atoms with E-state index in [9.17, 15) is 10.2 Å². The van der Waals surface area contributed by atoms with Gasteiger partial charge in [-0.2, -0.15) is 0 Å². The van der Waals surface area contributed by atoms with E-state index in [4.69, 9.17) is 0 Å². The van der Waals surface area contributed by atoms with Gasteiger partial charge in [0, 0.05) is 11.8 Å². The highest BCUT2D eigenvalue weighted by Crippen LogP contribution is 2.51. The molecule has 2 nitrogen and oxygen atoms in total. The zero-order valence-electron chi connectivity index (χ0n) is 16.9. The van der Waals surface area contributed by atoms with E-state index in [1.165, 1.54) is 22.3 Å². The molecule has 0 aromatic rings. The van der Waals surface area contributed by atoms with Crippen LogP contribution < -0.4 is 0 Å². The van der Waals surface area contributed by atoms with E-state index in [1.54, 1.807) is 0 Å². The fraction of sp³-hybridized carbons (Fsp3) is 0.818. The number of hydrogen-bond donors (Lipinski definition) is 2. The summed E-state index contributed by atoms with van der Waals surface area (Å²) in [4.78, 5) is 0. The molecule has 3 atom stereocenters. The summed E-state index contributed by atoms with van der Waals surface area (Å²) in [5.74, 6) is 0.140. The molecule has 2 aliphatic carbocycles. The molecule has 24 heavy (non-hydrogen) atoms. The second-order valence-corrected chi connectivity index (χ2v) is 9.36. The lowest BCUT2D eigenvalue weighted by Crippen LogP contribution is -2.33. The maximum absolute atomic E-state index is 10.9. The van der Waals surface area contributed by atoms with Gasteiger partial charge in [0.1, 0.15) is 0 Å². The quantitative estimate of drug-likeness (QED) is 0.651. The third-order valence-corrected chi connectivity index (χ3v) is 7.35. The number of hydrogen-bond acceptors (Lipinski definition) is 2. The lowest BCUT2D eigenvalue weighted by atomic mass is 9.74. The average Bonchev–Trinajstić information content (AvgIpc) is 2.94. The Labute approximate surface area is 149 Å². The molecule has 0 spiro atoms. The number of allylic oxidation sites excluding steroid dienone is 2. The highest BCUT2D eigenvalue weighted by molar-refractivity contribution is 5.34. The summed E-state index contributed by atoms with van der Waals surface area (Å²) >= 11 is 0. The Hall–Kier alpha value is -0.600. The average molecular weight is 335 g/mol. The maximum atomic E-state index is 10.9. The molecule has 3 unspecified atom stereocenters. The minimum Gasteiger partial charge on any atom is -0.396 e. The van der Waals surface area contributed by atoms with Gasteiger partial charge >= 0.3 is 0 Å². The smallest absolute Gasteiger partial charge is 0.0609 e. The summed E-state index contributed by atoms with van der Waals surface area (Å²) in [6, 6.07) is 0. The molecule has 0 aliphatic heterocycles. The monoisotopic (exact) mass is 334 g/mol. The summed E-state index contributed by atoms with van der Waals surface area (Å²) in [6.45, 7) is 15.9. The molecular formula is C22H38O2. The second kappa shape index (κ2) is 6.96. The minimum absolute atomic E-state index is 0.0700. The molecule has 0 heterocycles. The SMILES string of the molecule is CCC(O)C(C1=C(C)C(C)(C)CC1)C(CO)C1=C(C)C(C)(C)CC1. The van der Waals surface area contributed by atoms with Crippen molar-refractivity contribution in [2.75, 3.05) is 6.61 Å². The van der Waals surface area contributed by atoms with Crippen molar-refractivity contribution in [1.82, 2.24) is 0 Å². The predicted octanol–water partition coefficient (Wildman–Crippen LogP) is 5.26. The van der Waals surface area contributed by atoms with Crippen LogP contribution in [-0.2, 0) is 0 Å². The van der Waals surface area contributed by atoms with Gasteiger partial charge in [0.15, 0.2) is 0 Å². The maximum Gasteiger partial charge on any atom is 0.0609 e. The Bertz CT molecular complexity index is 536. The summed E-state index contributed by atoms with van der Waals surface area (Å²) in [5, 5.41) is 21.2. The van der Waals surface area contributed by atoms with Gasteiger partial charge in [0.25, 0.3) is 0 Å². The van der Waals surface area contributed by atoms with Crippen molar-refractivity contribution in [3.05, 3.63) is 22.3 Å². The van der Waals surface area contributed by atoms with Crippen LogP contribution in [0.2, 0.25) is 0 Å². The van der Waals surface area contributed by atoms with Crippen LogP contribution >= 0.6 is 0 Å². The normalized spacial score (nSPS) is 26.9. The predicted molar refractivity (Wildman–Crippen MR) is 102 cm³/mol. The van der Waals surface area contributed by atoms with Crippen LogP contribution in [0.25, 0.3) is 0 Å².